The second-order valence-corrected chi connectivity index (χ2v) is 6.57. The summed E-state index contributed by atoms with van der Waals surface area (Å²) in [4.78, 5) is 23.8. The van der Waals surface area contributed by atoms with Crippen LogP contribution in [0.1, 0.15) is 25.8 Å². The zero-order valence-electron chi connectivity index (χ0n) is 15.7. The zero-order valence-corrected chi connectivity index (χ0v) is 17.3. The smallest absolute Gasteiger partial charge is 0.329 e. The van der Waals surface area contributed by atoms with Crippen molar-refractivity contribution in [2.75, 3.05) is 18.5 Å². The maximum Gasteiger partial charge on any atom is 0.329 e. The first-order chi connectivity index (χ1) is 13.5. The average molecular weight is 448 g/mol. The van der Waals surface area contributed by atoms with E-state index in [0.29, 0.717) is 36.0 Å². The third kappa shape index (κ3) is 6.70. The molecule has 0 aliphatic heterocycles. The van der Waals surface area contributed by atoms with E-state index < -0.39 is 11.8 Å². The Balaban J connectivity index is 1.96. The third-order valence-electron chi connectivity index (χ3n) is 3.40. The summed E-state index contributed by atoms with van der Waals surface area (Å²) in [6.45, 7) is 5.00. The lowest BCUT2D eigenvalue weighted by molar-refractivity contribution is -0.136. The van der Waals surface area contributed by atoms with Gasteiger partial charge in [0.05, 0.1) is 19.4 Å². The van der Waals surface area contributed by atoms with Crippen LogP contribution in [0.2, 0.25) is 0 Å². The maximum atomic E-state index is 11.9. The van der Waals surface area contributed by atoms with E-state index in [2.05, 4.69) is 31.8 Å². The van der Waals surface area contributed by atoms with Gasteiger partial charge in [-0.3, -0.25) is 9.59 Å². The van der Waals surface area contributed by atoms with Crippen LogP contribution in [0.4, 0.5) is 5.69 Å². The summed E-state index contributed by atoms with van der Waals surface area (Å²) in [5.74, 6) is -0.436. The number of halogens is 1. The molecular weight excluding hydrogens is 426 g/mol. The van der Waals surface area contributed by atoms with E-state index in [-0.39, 0.29) is 0 Å². The van der Waals surface area contributed by atoms with Gasteiger partial charge in [-0.1, -0.05) is 28.9 Å². The molecule has 28 heavy (non-hydrogen) atoms. The first-order valence-electron chi connectivity index (χ1n) is 8.83. The van der Waals surface area contributed by atoms with E-state index >= 15 is 0 Å². The van der Waals surface area contributed by atoms with Gasteiger partial charge < -0.3 is 14.8 Å². The number of amides is 2. The van der Waals surface area contributed by atoms with Gasteiger partial charge in [-0.15, -0.1) is 0 Å². The predicted octanol–water partition coefficient (Wildman–Crippen LogP) is 3.73. The fourth-order valence-corrected chi connectivity index (χ4v) is 2.57. The monoisotopic (exact) mass is 447 g/mol. The summed E-state index contributed by atoms with van der Waals surface area (Å²) in [5, 5.41) is 6.32. The van der Waals surface area contributed by atoms with Crippen LogP contribution in [0, 0.1) is 0 Å². The second-order valence-electron chi connectivity index (χ2n) is 5.65. The molecule has 2 rings (SSSR count). The van der Waals surface area contributed by atoms with Crippen molar-refractivity contribution in [2.45, 2.75) is 20.3 Å². The number of anilines is 1. The number of hydrogen-bond donors (Lipinski definition) is 2. The molecule has 0 aliphatic rings. The van der Waals surface area contributed by atoms with Gasteiger partial charge in [-0.05, 0) is 55.3 Å². The molecule has 0 radical (unpaired) electrons. The third-order valence-corrected chi connectivity index (χ3v) is 3.89. The Bertz CT molecular complexity index is 855. The number of hydrazone groups is 1. The van der Waals surface area contributed by atoms with Crippen molar-refractivity contribution in [1.82, 2.24) is 5.43 Å². The number of ether oxygens (including phenoxy) is 2. The highest BCUT2D eigenvalue weighted by atomic mass is 79.9. The van der Waals surface area contributed by atoms with Crippen molar-refractivity contribution in [3.63, 3.8) is 0 Å². The highest BCUT2D eigenvalue weighted by Gasteiger charge is 2.13. The van der Waals surface area contributed by atoms with Crippen molar-refractivity contribution in [2.24, 2.45) is 5.10 Å². The molecule has 0 aromatic heterocycles. The quantitative estimate of drug-likeness (QED) is 0.366. The van der Waals surface area contributed by atoms with Crippen LogP contribution >= 0.6 is 15.9 Å². The standard InChI is InChI=1S/C20H22BrN3O4/c1-3-10-28-17-9-8-14(11-18(17)27-4-2)13-22-24-20(26)19(25)23-16-7-5-6-15(21)12-16/h5-9,11-13H,3-4,10H2,1-2H3,(H,23,25)(H,24,26)/b22-13-. The van der Waals surface area contributed by atoms with E-state index in [0.717, 1.165) is 10.9 Å². The molecule has 0 saturated carbocycles. The number of nitrogens with one attached hydrogen (secondary N) is 2. The molecule has 148 valence electrons. The molecule has 0 fully saturated rings. The summed E-state index contributed by atoms with van der Waals surface area (Å²) < 4.78 is 12.0. The number of nitrogens with zero attached hydrogens (tertiary/aromatic N) is 1. The minimum atomic E-state index is -0.871. The zero-order chi connectivity index (χ0) is 20.4. The summed E-state index contributed by atoms with van der Waals surface area (Å²) in [6, 6.07) is 12.2. The van der Waals surface area contributed by atoms with Crippen LogP contribution in [0.3, 0.4) is 0 Å². The number of carbonyl (C=O) groups excluding carboxylic acids is 2. The molecule has 2 aromatic carbocycles. The molecular formula is C20H22BrN3O4. The highest BCUT2D eigenvalue weighted by molar-refractivity contribution is 9.10. The average Bonchev–Trinajstić information content (AvgIpc) is 2.67. The molecule has 7 nitrogen and oxygen atoms in total. The SMILES string of the molecule is CCCOc1ccc(/C=N\NC(=O)C(=O)Nc2cccc(Br)c2)cc1OCC. The van der Waals surface area contributed by atoms with Crippen LogP contribution in [-0.2, 0) is 9.59 Å². The van der Waals surface area contributed by atoms with Crippen LogP contribution in [-0.4, -0.2) is 31.2 Å². The molecule has 8 heteroatoms. The Morgan fingerprint density at radius 1 is 1.07 bits per heavy atom. The van der Waals surface area contributed by atoms with Crippen molar-refractivity contribution in [3.05, 3.63) is 52.5 Å². The van der Waals surface area contributed by atoms with Gasteiger partial charge in [0.25, 0.3) is 0 Å². The number of carbonyl (C=O) groups is 2. The van der Waals surface area contributed by atoms with Crippen molar-refractivity contribution < 1.29 is 19.1 Å². The highest BCUT2D eigenvalue weighted by Crippen LogP contribution is 2.28. The van der Waals surface area contributed by atoms with E-state index in [1.165, 1.54) is 6.21 Å². The molecule has 0 unspecified atom stereocenters. The lowest BCUT2D eigenvalue weighted by Crippen LogP contribution is -2.32. The van der Waals surface area contributed by atoms with Crippen molar-refractivity contribution in [3.8, 4) is 11.5 Å². The first-order valence-corrected chi connectivity index (χ1v) is 9.62. The van der Waals surface area contributed by atoms with Crippen LogP contribution in [0.25, 0.3) is 0 Å². The van der Waals surface area contributed by atoms with Gasteiger partial charge in [0.15, 0.2) is 11.5 Å². The topological polar surface area (TPSA) is 89.0 Å². The Morgan fingerprint density at radius 3 is 2.61 bits per heavy atom. The van der Waals surface area contributed by atoms with Crippen molar-refractivity contribution >= 4 is 39.6 Å². The summed E-state index contributed by atoms with van der Waals surface area (Å²) >= 11 is 3.30. The van der Waals surface area contributed by atoms with Crippen LogP contribution in [0.15, 0.2) is 52.0 Å². The Hall–Kier alpha value is -2.87. The number of rotatable bonds is 8. The first kappa shape index (κ1) is 21.4. The molecule has 0 atom stereocenters. The second kappa shape index (κ2) is 11.1. The van der Waals surface area contributed by atoms with Crippen molar-refractivity contribution in [1.29, 1.82) is 0 Å². The van der Waals surface area contributed by atoms with E-state index in [1.807, 2.05) is 19.9 Å². The minimum Gasteiger partial charge on any atom is -0.490 e. The van der Waals surface area contributed by atoms with Gasteiger partial charge in [0.2, 0.25) is 0 Å². The fourth-order valence-electron chi connectivity index (χ4n) is 2.17. The molecule has 2 amide bonds. The molecule has 0 aliphatic carbocycles. The Morgan fingerprint density at radius 2 is 1.89 bits per heavy atom. The molecule has 0 saturated heterocycles. The van der Waals surface area contributed by atoms with Gasteiger partial charge in [-0.25, -0.2) is 5.43 Å². The molecule has 0 bridgehead atoms. The largest absolute Gasteiger partial charge is 0.490 e. The lowest BCUT2D eigenvalue weighted by Gasteiger charge is -2.11. The van der Waals surface area contributed by atoms with Crippen LogP contribution in [0.5, 0.6) is 11.5 Å². The molecule has 2 aromatic rings. The predicted molar refractivity (Wildman–Crippen MR) is 112 cm³/mol. The fraction of sp³-hybridized carbons (Fsp3) is 0.250. The van der Waals surface area contributed by atoms with Gasteiger partial charge in [-0.2, -0.15) is 5.10 Å². The van der Waals surface area contributed by atoms with E-state index in [9.17, 15) is 9.59 Å². The van der Waals surface area contributed by atoms with Gasteiger partial charge in [0.1, 0.15) is 0 Å². The molecule has 2 N–H and O–H groups in total. The van der Waals surface area contributed by atoms with Gasteiger partial charge >= 0.3 is 11.8 Å². The minimum absolute atomic E-state index is 0.496. The van der Waals surface area contributed by atoms with E-state index in [4.69, 9.17) is 9.47 Å². The summed E-state index contributed by atoms with van der Waals surface area (Å²) in [6.07, 6.45) is 2.32. The Labute approximate surface area is 172 Å². The molecule has 0 heterocycles. The summed E-state index contributed by atoms with van der Waals surface area (Å²) in [5.41, 5.74) is 3.40. The molecule has 0 spiro atoms. The normalized spacial score (nSPS) is 10.5. The lowest BCUT2D eigenvalue weighted by atomic mass is 10.2. The number of benzene rings is 2. The summed E-state index contributed by atoms with van der Waals surface area (Å²) in [7, 11) is 0. The Kier molecular flexibility index (Phi) is 8.48. The van der Waals surface area contributed by atoms with Crippen LogP contribution < -0.4 is 20.2 Å². The van der Waals surface area contributed by atoms with E-state index in [1.54, 1.807) is 36.4 Å². The maximum absolute atomic E-state index is 11.9. The van der Waals surface area contributed by atoms with Gasteiger partial charge in [0, 0.05) is 10.2 Å². The number of hydrogen-bond acceptors (Lipinski definition) is 5.